The number of hydrogen-bond acceptors (Lipinski definition) is 6. The summed E-state index contributed by atoms with van der Waals surface area (Å²) in [4.78, 5) is 2.37. The molecule has 2 bridgehead atoms. The van der Waals surface area contributed by atoms with Crippen LogP contribution in [-0.2, 0) is 4.74 Å². The minimum absolute atomic E-state index is 0.0870. The molecule has 1 N–H and O–H groups in total. The Morgan fingerprint density at radius 2 is 2.33 bits per heavy atom. The number of ether oxygens (including phenoxy) is 1. The van der Waals surface area contributed by atoms with Crippen LogP contribution in [-0.4, -0.2) is 56.3 Å². The van der Waals surface area contributed by atoms with Crippen molar-refractivity contribution in [3.63, 3.8) is 0 Å². The van der Waals surface area contributed by atoms with Crippen LogP contribution < -0.4 is 4.90 Å². The Bertz CT molecular complexity index is 790. The van der Waals surface area contributed by atoms with Crippen LogP contribution in [0, 0.1) is 11.8 Å². The van der Waals surface area contributed by atoms with E-state index >= 15 is 0 Å². The summed E-state index contributed by atoms with van der Waals surface area (Å²) >= 11 is 0. The van der Waals surface area contributed by atoms with Crippen LogP contribution in [0.25, 0.3) is 5.65 Å². The van der Waals surface area contributed by atoms with E-state index in [1.807, 2.05) is 0 Å². The highest BCUT2D eigenvalue weighted by atomic mass is 16.5. The SMILES string of the molecule is CC(C)c1cc(N2C[C@H]3[C@@H](CO)[C@@H]4CC[C@@]3(C2)O4)c2nncn2n1. The number of aliphatic hydroxyl groups excluding tert-OH is 1. The van der Waals surface area contributed by atoms with E-state index < -0.39 is 0 Å². The quantitative estimate of drug-likeness (QED) is 0.913. The van der Waals surface area contributed by atoms with E-state index in [2.05, 4.69) is 40.1 Å². The van der Waals surface area contributed by atoms with Gasteiger partial charge >= 0.3 is 0 Å². The van der Waals surface area contributed by atoms with Crippen molar-refractivity contribution in [1.82, 2.24) is 19.8 Å². The summed E-state index contributed by atoms with van der Waals surface area (Å²) in [7, 11) is 0. The molecule has 2 aromatic heterocycles. The molecular weight excluding hydrogens is 306 g/mol. The van der Waals surface area contributed by atoms with Crippen LogP contribution in [0.5, 0.6) is 0 Å². The molecule has 2 aromatic rings. The van der Waals surface area contributed by atoms with Crippen LogP contribution >= 0.6 is 0 Å². The van der Waals surface area contributed by atoms with Gasteiger partial charge in [0.05, 0.1) is 23.1 Å². The first-order valence-corrected chi connectivity index (χ1v) is 8.86. The smallest absolute Gasteiger partial charge is 0.200 e. The zero-order chi connectivity index (χ0) is 16.5. The lowest BCUT2D eigenvalue weighted by atomic mass is 9.74. The first kappa shape index (κ1) is 14.6. The van der Waals surface area contributed by atoms with Gasteiger partial charge in [0.2, 0.25) is 5.65 Å². The van der Waals surface area contributed by atoms with Crippen molar-refractivity contribution >= 4 is 11.3 Å². The molecule has 7 heteroatoms. The summed E-state index contributed by atoms with van der Waals surface area (Å²) in [6.45, 7) is 6.29. The van der Waals surface area contributed by atoms with Gasteiger partial charge in [-0.25, -0.2) is 0 Å². The molecule has 0 radical (unpaired) electrons. The molecule has 24 heavy (non-hydrogen) atoms. The minimum Gasteiger partial charge on any atom is -0.396 e. The summed E-state index contributed by atoms with van der Waals surface area (Å²) in [6.07, 6.45) is 4.08. The number of hydrogen-bond donors (Lipinski definition) is 1. The molecule has 5 rings (SSSR count). The van der Waals surface area contributed by atoms with E-state index in [4.69, 9.17) is 4.74 Å². The molecule has 3 aliphatic heterocycles. The maximum atomic E-state index is 9.81. The van der Waals surface area contributed by atoms with Crippen LogP contribution in [0.15, 0.2) is 12.4 Å². The van der Waals surface area contributed by atoms with Crippen LogP contribution in [0.1, 0.15) is 38.3 Å². The second kappa shape index (κ2) is 4.89. The molecule has 128 valence electrons. The highest BCUT2D eigenvalue weighted by Gasteiger charge is 2.63. The number of rotatable bonds is 3. The van der Waals surface area contributed by atoms with Gasteiger partial charge < -0.3 is 14.7 Å². The van der Waals surface area contributed by atoms with Gasteiger partial charge in [0.1, 0.15) is 6.33 Å². The Balaban J connectivity index is 1.56. The van der Waals surface area contributed by atoms with Crippen LogP contribution in [0.2, 0.25) is 0 Å². The number of aromatic nitrogens is 4. The van der Waals surface area contributed by atoms with Gasteiger partial charge in [0.25, 0.3) is 0 Å². The van der Waals surface area contributed by atoms with E-state index in [9.17, 15) is 5.11 Å². The number of nitrogens with zero attached hydrogens (tertiary/aromatic N) is 5. The third-order valence-corrected chi connectivity index (χ3v) is 6.19. The highest BCUT2D eigenvalue weighted by Crippen LogP contribution is 2.55. The topological polar surface area (TPSA) is 75.8 Å². The van der Waals surface area contributed by atoms with E-state index in [1.165, 1.54) is 0 Å². The van der Waals surface area contributed by atoms with E-state index in [1.54, 1.807) is 10.8 Å². The molecule has 0 aliphatic carbocycles. The molecule has 1 spiro atoms. The standard InChI is InChI=1S/C17H23N5O2/c1-10(2)13-5-14(16-19-18-9-22(16)20-13)21-6-12-11(7-23)15-3-4-17(12,8-21)24-15/h5,9-12,15,23H,3-4,6-8H2,1-2H3/t11-,12+,15+,17+/m1/s1. The molecule has 3 fully saturated rings. The first-order chi connectivity index (χ1) is 11.6. The first-order valence-electron chi connectivity index (χ1n) is 8.86. The summed E-state index contributed by atoms with van der Waals surface area (Å²) < 4.78 is 8.13. The van der Waals surface area contributed by atoms with Crippen molar-refractivity contribution in [3.8, 4) is 0 Å². The van der Waals surface area contributed by atoms with Crippen molar-refractivity contribution in [2.75, 3.05) is 24.6 Å². The summed E-state index contributed by atoms with van der Waals surface area (Å²) in [5.74, 6) is 1.01. The molecule has 0 saturated carbocycles. The predicted molar refractivity (Wildman–Crippen MR) is 88.0 cm³/mol. The Labute approximate surface area is 140 Å². The summed E-state index contributed by atoms with van der Waals surface area (Å²) in [5.41, 5.74) is 2.83. The fraction of sp³-hybridized carbons (Fsp3) is 0.706. The molecule has 4 atom stereocenters. The van der Waals surface area contributed by atoms with Gasteiger partial charge in [-0.1, -0.05) is 13.8 Å². The van der Waals surface area contributed by atoms with E-state index in [0.717, 1.165) is 43.0 Å². The Morgan fingerprint density at radius 1 is 1.46 bits per heavy atom. The zero-order valence-corrected chi connectivity index (χ0v) is 14.1. The van der Waals surface area contributed by atoms with Crippen molar-refractivity contribution in [1.29, 1.82) is 0 Å². The lowest BCUT2D eigenvalue weighted by molar-refractivity contribution is 0.0129. The Kier molecular flexibility index (Phi) is 2.98. The van der Waals surface area contributed by atoms with Gasteiger partial charge in [-0.3, -0.25) is 0 Å². The summed E-state index contributed by atoms with van der Waals surface area (Å²) in [5, 5.41) is 22.7. The number of anilines is 1. The maximum Gasteiger partial charge on any atom is 0.200 e. The normalized spacial score (nSPS) is 34.7. The summed E-state index contributed by atoms with van der Waals surface area (Å²) in [6, 6.07) is 2.15. The minimum atomic E-state index is -0.0870. The fourth-order valence-electron chi connectivity index (χ4n) is 4.96. The second-order valence-corrected chi connectivity index (χ2v) is 7.80. The molecule has 3 saturated heterocycles. The van der Waals surface area contributed by atoms with Crippen molar-refractivity contribution in [3.05, 3.63) is 18.1 Å². The lowest BCUT2D eigenvalue weighted by Gasteiger charge is -2.27. The average Bonchev–Trinajstić information content (AvgIpc) is 3.31. The Hall–Kier alpha value is -1.73. The van der Waals surface area contributed by atoms with Gasteiger partial charge in [0.15, 0.2) is 0 Å². The largest absolute Gasteiger partial charge is 0.396 e. The van der Waals surface area contributed by atoms with Gasteiger partial charge in [-0.2, -0.15) is 9.61 Å². The maximum absolute atomic E-state index is 9.81. The van der Waals surface area contributed by atoms with Gasteiger partial charge in [0, 0.05) is 31.5 Å². The third kappa shape index (κ3) is 1.82. The lowest BCUT2D eigenvalue weighted by Crippen LogP contribution is -2.37. The Morgan fingerprint density at radius 3 is 3.12 bits per heavy atom. The number of aliphatic hydroxyl groups is 1. The number of fused-ring (bicyclic) bond motifs is 2. The van der Waals surface area contributed by atoms with Gasteiger partial charge in [-0.15, -0.1) is 10.2 Å². The molecule has 0 unspecified atom stereocenters. The highest BCUT2D eigenvalue weighted by molar-refractivity contribution is 5.69. The molecule has 3 aliphatic rings. The van der Waals surface area contributed by atoms with Crippen molar-refractivity contribution in [2.45, 2.75) is 44.3 Å². The third-order valence-electron chi connectivity index (χ3n) is 6.19. The van der Waals surface area contributed by atoms with E-state index in [-0.39, 0.29) is 24.2 Å². The second-order valence-electron chi connectivity index (χ2n) is 7.80. The zero-order valence-electron chi connectivity index (χ0n) is 14.1. The van der Waals surface area contributed by atoms with Crippen molar-refractivity contribution < 1.29 is 9.84 Å². The molecule has 5 heterocycles. The molecule has 0 amide bonds. The van der Waals surface area contributed by atoms with Gasteiger partial charge in [-0.05, 0) is 24.8 Å². The van der Waals surface area contributed by atoms with Crippen molar-refractivity contribution in [2.24, 2.45) is 11.8 Å². The van der Waals surface area contributed by atoms with Crippen LogP contribution in [0.4, 0.5) is 5.69 Å². The van der Waals surface area contributed by atoms with E-state index in [0.29, 0.717) is 11.8 Å². The molecule has 0 aromatic carbocycles. The fourth-order valence-corrected chi connectivity index (χ4v) is 4.96. The monoisotopic (exact) mass is 329 g/mol. The van der Waals surface area contributed by atoms with Crippen LogP contribution in [0.3, 0.4) is 0 Å². The molecule has 7 nitrogen and oxygen atoms in total. The predicted octanol–water partition coefficient (Wildman–Crippen LogP) is 1.22. The molecular formula is C17H23N5O2. The average molecular weight is 329 g/mol.